The Bertz CT molecular complexity index is 880. The van der Waals surface area contributed by atoms with Crippen LogP contribution < -0.4 is 15.4 Å². The molecule has 0 unspecified atom stereocenters. The summed E-state index contributed by atoms with van der Waals surface area (Å²) in [7, 11) is 0. The molecule has 28 heavy (non-hydrogen) atoms. The fraction of sp³-hybridized carbons (Fsp3) is 0.217. The topological polar surface area (TPSA) is 63.2 Å². The predicted molar refractivity (Wildman–Crippen MR) is 113 cm³/mol. The summed E-state index contributed by atoms with van der Waals surface area (Å²) >= 11 is 0. The number of para-hydroxylation sites is 2. The van der Waals surface area contributed by atoms with Crippen LogP contribution in [0.1, 0.15) is 29.3 Å². The van der Waals surface area contributed by atoms with Crippen LogP contribution in [0, 0.1) is 0 Å². The van der Waals surface area contributed by atoms with E-state index < -0.39 is 0 Å². The number of rotatable bonds is 9. The molecule has 0 aliphatic heterocycles. The van der Waals surface area contributed by atoms with Gasteiger partial charge in [-0.05, 0) is 49.6 Å². The Morgan fingerprint density at radius 2 is 1.79 bits per heavy atom. The summed E-state index contributed by atoms with van der Waals surface area (Å²) in [6.07, 6.45) is 3.62. The van der Waals surface area contributed by atoms with Gasteiger partial charge in [-0.15, -0.1) is 0 Å². The summed E-state index contributed by atoms with van der Waals surface area (Å²) in [6, 6.07) is 21.4. The fourth-order valence-corrected chi connectivity index (χ4v) is 2.83. The molecule has 144 valence electrons. The normalized spacial score (nSPS) is 10.3. The van der Waals surface area contributed by atoms with Crippen LogP contribution in [-0.4, -0.2) is 24.0 Å². The molecule has 1 aromatic heterocycles. The summed E-state index contributed by atoms with van der Waals surface area (Å²) in [6.45, 7) is 3.28. The zero-order valence-corrected chi connectivity index (χ0v) is 16.0. The number of aryl methyl sites for hydroxylation is 1. The quantitative estimate of drug-likeness (QED) is 0.529. The van der Waals surface area contributed by atoms with Gasteiger partial charge in [-0.1, -0.05) is 42.5 Å². The minimum absolute atomic E-state index is 0.213. The Morgan fingerprint density at radius 3 is 2.54 bits per heavy atom. The van der Waals surface area contributed by atoms with Gasteiger partial charge in [-0.25, -0.2) is 4.98 Å². The van der Waals surface area contributed by atoms with E-state index in [0.29, 0.717) is 23.6 Å². The van der Waals surface area contributed by atoms with E-state index in [1.54, 1.807) is 12.3 Å². The number of benzene rings is 2. The van der Waals surface area contributed by atoms with Crippen molar-refractivity contribution in [1.29, 1.82) is 0 Å². The maximum Gasteiger partial charge on any atom is 0.257 e. The van der Waals surface area contributed by atoms with Crippen LogP contribution >= 0.6 is 0 Å². The highest BCUT2D eigenvalue weighted by Crippen LogP contribution is 2.24. The number of ether oxygens (including phenoxy) is 1. The van der Waals surface area contributed by atoms with Crippen molar-refractivity contribution in [3.63, 3.8) is 0 Å². The molecule has 0 saturated heterocycles. The molecular formula is C23H25N3O2. The molecule has 0 bridgehead atoms. The second kappa shape index (κ2) is 10.1. The van der Waals surface area contributed by atoms with Gasteiger partial charge < -0.3 is 15.4 Å². The average molecular weight is 375 g/mol. The molecule has 0 saturated carbocycles. The third kappa shape index (κ3) is 5.58. The molecule has 5 nitrogen and oxygen atoms in total. The SMILES string of the molecule is CCOc1ccccc1NC(=O)c1ccc(NCCCc2ccccc2)nc1. The Labute approximate surface area is 165 Å². The van der Waals surface area contributed by atoms with Gasteiger partial charge in [0.05, 0.1) is 17.9 Å². The van der Waals surface area contributed by atoms with Gasteiger partial charge in [0.15, 0.2) is 0 Å². The number of anilines is 2. The molecule has 0 radical (unpaired) electrons. The number of hydrogen-bond donors (Lipinski definition) is 2. The van der Waals surface area contributed by atoms with Gasteiger partial charge in [-0.2, -0.15) is 0 Å². The lowest BCUT2D eigenvalue weighted by Gasteiger charge is -2.11. The number of carbonyl (C=O) groups is 1. The number of pyridine rings is 1. The van der Waals surface area contributed by atoms with Crippen molar-refractivity contribution in [3.05, 3.63) is 84.1 Å². The smallest absolute Gasteiger partial charge is 0.257 e. The van der Waals surface area contributed by atoms with Crippen molar-refractivity contribution in [2.75, 3.05) is 23.8 Å². The van der Waals surface area contributed by atoms with Crippen LogP contribution in [0.4, 0.5) is 11.5 Å². The maximum absolute atomic E-state index is 12.5. The van der Waals surface area contributed by atoms with Crippen molar-refractivity contribution < 1.29 is 9.53 Å². The first kappa shape index (κ1) is 19.4. The number of carbonyl (C=O) groups excluding carboxylic acids is 1. The lowest BCUT2D eigenvalue weighted by molar-refractivity contribution is 0.102. The molecule has 2 N–H and O–H groups in total. The third-order valence-electron chi connectivity index (χ3n) is 4.25. The molecule has 1 heterocycles. The van der Waals surface area contributed by atoms with Gasteiger partial charge in [0.25, 0.3) is 5.91 Å². The van der Waals surface area contributed by atoms with E-state index in [-0.39, 0.29) is 5.91 Å². The van der Waals surface area contributed by atoms with E-state index in [1.807, 2.05) is 43.3 Å². The summed E-state index contributed by atoms with van der Waals surface area (Å²) in [5.41, 5.74) is 2.48. The van der Waals surface area contributed by atoms with Crippen LogP contribution in [0.2, 0.25) is 0 Å². The van der Waals surface area contributed by atoms with Crippen LogP contribution in [0.25, 0.3) is 0 Å². The molecule has 1 amide bonds. The van der Waals surface area contributed by atoms with Crippen molar-refractivity contribution in [2.45, 2.75) is 19.8 Å². The predicted octanol–water partition coefficient (Wildman–Crippen LogP) is 4.78. The standard InChI is InChI=1S/C23H25N3O2/c1-2-28-21-13-7-6-12-20(21)26-23(27)19-14-15-22(25-17-19)24-16-8-11-18-9-4-3-5-10-18/h3-7,9-10,12-15,17H,2,8,11,16H2,1H3,(H,24,25)(H,26,27). The molecule has 0 spiro atoms. The van der Waals surface area contributed by atoms with Crippen LogP contribution in [-0.2, 0) is 6.42 Å². The molecule has 5 heteroatoms. The summed E-state index contributed by atoms with van der Waals surface area (Å²) in [5.74, 6) is 1.21. The molecule has 0 atom stereocenters. The molecular weight excluding hydrogens is 350 g/mol. The molecule has 3 rings (SSSR count). The lowest BCUT2D eigenvalue weighted by atomic mass is 10.1. The Kier molecular flexibility index (Phi) is 7.01. The van der Waals surface area contributed by atoms with E-state index >= 15 is 0 Å². The monoisotopic (exact) mass is 375 g/mol. The van der Waals surface area contributed by atoms with Crippen LogP contribution in [0.3, 0.4) is 0 Å². The molecule has 0 aliphatic rings. The van der Waals surface area contributed by atoms with Crippen LogP contribution in [0.5, 0.6) is 5.75 Å². The highest BCUT2D eigenvalue weighted by Gasteiger charge is 2.10. The van der Waals surface area contributed by atoms with Gasteiger partial charge in [0.2, 0.25) is 0 Å². The average Bonchev–Trinajstić information content (AvgIpc) is 2.74. The second-order valence-electron chi connectivity index (χ2n) is 6.33. The number of nitrogens with one attached hydrogen (secondary N) is 2. The fourth-order valence-electron chi connectivity index (χ4n) is 2.83. The minimum Gasteiger partial charge on any atom is -0.492 e. The van der Waals surface area contributed by atoms with E-state index in [1.165, 1.54) is 5.56 Å². The largest absolute Gasteiger partial charge is 0.492 e. The molecule has 0 aliphatic carbocycles. The molecule has 0 fully saturated rings. The van der Waals surface area contributed by atoms with E-state index in [2.05, 4.69) is 39.9 Å². The first-order valence-electron chi connectivity index (χ1n) is 9.53. The summed E-state index contributed by atoms with van der Waals surface area (Å²) in [5, 5.41) is 6.17. The number of aromatic nitrogens is 1. The van der Waals surface area contributed by atoms with Crippen molar-refractivity contribution >= 4 is 17.4 Å². The Balaban J connectivity index is 1.50. The Morgan fingerprint density at radius 1 is 1.00 bits per heavy atom. The minimum atomic E-state index is -0.213. The first-order valence-corrected chi connectivity index (χ1v) is 9.53. The zero-order chi connectivity index (χ0) is 19.6. The number of hydrogen-bond acceptors (Lipinski definition) is 4. The van der Waals surface area contributed by atoms with Crippen molar-refractivity contribution in [3.8, 4) is 5.75 Å². The van der Waals surface area contributed by atoms with Crippen LogP contribution in [0.15, 0.2) is 72.9 Å². The first-order chi connectivity index (χ1) is 13.8. The third-order valence-corrected chi connectivity index (χ3v) is 4.25. The number of nitrogens with zero attached hydrogens (tertiary/aromatic N) is 1. The van der Waals surface area contributed by atoms with Gasteiger partial charge in [0.1, 0.15) is 11.6 Å². The maximum atomic E-state index is 12.5. The molecule has 2 aromatic carbocycles. The van der Waals surface area contributed by atoms with E-state index in [4.69, 9.17) is 4.74 Å². The van der Waals surface area contributed by atoms with Crippen molar-refractivity contribution in [2.24, 2.45) is 0 Å². The summed E-state index contributed by atoms with van der Waals surface area (Å²) in [4.78, 5) is 16.8. The lowest BCUT2D eigenvalue weighted by Crippen LogP contribution is -2.13. The van der Waals surface area contributed by atoms with E-state index in [0.717, 1.165) is 25.2 Å². The second-order valence-corrected chi connectivity index (χ2v) is 6.33. The Hall–Kier alpha value is -3.34. The highest BCUT2D eigenvalue weighted by atomic mass is 16.5. The highest BCUT2D eigenvalue weighted by molar-refractivity contribution is 6.04. The van der Waals surface area contributed by atoms with Crippen molar-refractivity contribution in [1.82, 2.24) is 4.98 Å². The molecule has 3 aromatic rings. The van der Waals surface area contributed by atoms with Gasteiger partial charge in [-0.3, -0.25) is 4.79 Å². The van der Waals surface area contributed by atoms with Gasteiger partial charge in [0, 0.05) is 12.7 Å². The number of amides is 1. The van der Waals surface area contributed by atoms with Gasteiger partial charge >= 0.3 is 0 Å². The summed E-state index contributed by atoms with van der Waals surface area (Å²) < 4.78 is 5.54. The van der Waals surface area contributed by atoms with E-state index in [9.17, 15) is 4.79 Å². The zero-order valence-electron chi connectivity index (χ0n) is 16.0.